The molecule has 0 saturated carbocycles. The third-order valence-electron chi connectivity index (χ3n) is 1.13. The maximum atomic E-state index is 5.29. The SMILES string of the molecule is CSc1[c-]nc(C(C)C)o1.[Re]. The smallest absolute Gasteiger partial charge is 0.0650 e. The summed E-state index contributed by atoms with van der Waals surface area (Å²) < 4.78 is 5.29. The molecule has 11 heavy (non-hydrogen) atoms. The monoisotopic (exact) mass is 343 g/mol. The minimum atomic E-state index is 0. The molecular weight excluding hydrogens is 332 g/mol. The summed E-state index contributed by atoms with van der Waals surface area (Å²) in [6, 6.07) is 0. The first-order chi connectivity index (χ1) is 4.74. The normalized spacial score (nSPS) is 9.82. The van der Waals surface area contributed by atoms with Crippen LogP contribution in [0.15, 0.2) is 9.51 Å². The van der Waals surface area contributed by atoms with Gasteiger partial charge in [0.1, 0.15) is 0 Å². The van der Waals surface area contributed by atoms with E-state index in [9.17, 15) is 0 Å². The molecule has 0 fully saturated rings. The third-order valence-corrected chi connectivity index (χ3v) is 1.68. The number of nitrogens with zero attached hydrogens (tertiary/aromatic N) is 1. The Hall–Kier alpha value is 0.222. The van der Waals surface area contributed by atoms with Crippen molar-refractivity contribution in [3.05, 3.63) is 12.1 Å². The van der Waals surface area contributed by atoms with Crippen LogP contribution in [0.2, 0.25) is 0 Å². The third kappa shape index (κ3) is 2.98. The zero-order valence-electron chi connectivity index (χ0n) is 6.72. The van der Waals surface area contributed by atoms with E-state index < -0.39 is 0 Å². The Kier molecular flexibility index (Phi) is 5.07. The summed E-state index contributed by atoms with van der Waals surface area (Å²) in [5, 5.41) is 0.767. The van der Waals surface area contributed by atoms with Crippen molar-refractivity contribution in [2.75, 3.05) is 6.26 Å². The maximum Gasteiger partial charge on any atom is 0.0650 e. The molecule has 0 N–H and O–H groups in total. The predicted molar refractivity (Wildman–Crippen MR) is 41.2 cm³/mol. The van der Waals surface area contributed by atoms with E-state index in [2.05, 4.69) is 11.2 Å². The molecule has 0 aliphatic carbocycles. The Morgan fingerprint density at radius 2 is 2.18 bits per heavy atom. The summed E-state index contributed by atoms with van der Waals surface area (Å²) >= 11 is 1.52. The van der Waals surface area contributed by atoms with Gasteiger partial charge in [-0.3, -0.25) is 0 Å². The number of rotatable bonds is 2. The fraction of sp³-hybridized carbons (Fsp3) is 0.571. The van der Waals surface area contributed by atoms with Gasteiger partial charge in [0.05, 0.1) is 5.09 Å². The van der Waals surface area contributed by atoms with Crippen molar-refractivity contribution in [2.45, 2.75) is 24.9 Å². The fourth-order valence-electron chi connectivity index (χ4n) is 0.576. The van der Waals surface area contributed by atoms with E-state index in [1.54, 1.807) is 0 Å². The topological polar surface area (TPSA) is 26.0 Å². The minimum Gasteiger partial charge on any atom is -0.540 e. The number of thioether (sulfide) groups is 1. The first-order valence-corrected chi connectivity index (χ1v) is 4.39. The molecule has 0 spiro atoms. The van der Waals surface area contributed by atoms with Crippen LogP contribution in [0.3, 0.4) is 0 Å². The molecule has 1 aromatic heterocycles. The summed E-state index contributed by atoms with van der Waals surface area (Å²) in [6.07, 6.45) is 4.73. The standard InChI is InChI=1S/C7H10NOS.Re/c1-5(2)7-8-4-6(9-7)10-3;/h5H,1-3H3;/q-1;. The van der Waals surface area contributed by atoms with E-state index in [-0.39, 0.29) is 20.4 Å². The van der Waals surface area contributed by atoms with Crippen LogP contribution in [0.1, 0.15) is 25.7 Å². The number of hydrogen-bond acceptors (Lipinski definition) is 3. The van der Waals surface area contributed by atoms with E-state index in [0.29, 0.717) is 5.92 Å². The molecule has 0 saturated heterocycles. The number of oxazole rings is 1. The van der Waals surface area contributed by atoms with Crippen LogP contribution in [0.4, 0.5) is 0 Å². The van der Waals surface area contributed by atoms with Crippen LogP contribution in [0.5, 0.6) is 0 Å². The van der Waals surface area contributed by atoms with Crippen molar-refractivity contribution in [1.29, 1.82) is 0 Å². The fourth-order valence-corrected chi connectivity index (χ4v) is 0.881. The molecule has 0 bridgehead atoms. The van der Waals surface area contributed by atoms with Crippen molar-refractivity contribution >= 4 is 11.8 Å². The first-order valence-electron chi connectivity index (χ1n) is 3.16. The van der Waals surface area contributed by atoms with Gasteiger partial charge in [-0.1, -0.05) is 20.0 Å². The average Bonchev–Trinajstić information content (AvgIpc) is 2.34. The quantitative estimate of drug-likeness (QED) is 0.609. The van der Waals surface area contributed by atoms with Crippen molar-refractivity contribution in [3.8, 4) is 0 Å². The Bertz CT molecular complexity index is 212. The van der Waals surface area contributed by atoms with E-state index in [1.165, 1.54) is 11.8 Å². The summed E-state index contributed by atoms with van der Waals surface area (Å²) in [5.74, 6) is 1.13. The predicted octanol–water partition coefficient (Wildman–Crippen LogP) is 2.32. The molecule has 0 aliphatic heterocycles. The van der Waals surface area contributed by atoms with Gasteiger partial charge < -0.3 is 9.40 Å². The molecule has 2 nitrogen and oxygen atoms in total. The van der Waals surface area contributed by atoms with Crippen molar-refractivity contribution in [2.24, 2.45) is 0 Å². The van der Waals surface area contributed by atoms with Gasteiger partial charge in [0.25, 0.3) is 0 Å². The molecule has 0 unspecified atom stereocenters. The molecule has 0 amide bonds. The van der Waals surface area contributed by atoms with E-state index in [0.717, 1.165) is 11.0 Å². The molecule has 1 rings (SSSR count). The summed E-state index contributed by atoms with van der Waals surface area (Å²) in [6.45, 7) is 4.09. The second-order valence-electron chi connectivity index (χ2n) is 2.31. The average molecular weight is 342 g/mol. The Labute approximate surface area is 84.8 Å². The second kappa shape index (κ2) is 4.97. The van der Waals surface area contributed by atoms with Gasteiger partial charge in [-0.25, -0.2) is 0 Å². The zero-order valence-corrected chi connectivity index (χ0v) is 10.3. The van der Waals surface area contributed by atoms with Crippen LogP contribution in [0, 0.1) is 6.20 Å². The summed E-state index contributed by atoms with van der Waals surface area (Å²) in [5.41, 5.74) is 0. The van der Waals surface area contributed by atoms with E-state index in [1.807, 2.05) is 20.1 Å². The van der Waals surface area contributed by atoms with Crippen LogP contribution in [-0.4, -0.2) is 11.2 Å². The van der Waals surface area contributed by atoms with Crippen LogP contribution in [0.25, 0.3) is 0 Å². The first kappa shape index (κ1) is 11.2. The molecular formula is C7H10NOReS-. The van der Waals surface area contributed by atoms with Gasteiger partial charge in [-0.2, -0.15) is 0 Å². The van der Waals surface area contributed by atoms with E-state index in [4.69, 9.17) is 4.42 Å². The molecule has 1 heterocycles. The molecule has 1 aromatic rings. The van der Waals surface area contributed by atoms with Crippen molar-refractivity contribution < 1.29 is 24.8 Å². The van der Waals surface area contributed by atoms with Crippen LogP contribution >= 0.6 is 11.8 Å². The zero-order chi connectivity index (χ0) is 7.56. The van der Waals surface area contributed by atoms with E-state index >= 15 is 0 Å². The van der Waals surface area contributed by atoms with Crippen molar-refractivity contribution in [1.82, 2.24) is 4.98 Å². The van der Waals surface area contributed by atoms with Gasteiger partial charge in [-0.05, 0) is 12.2 Å². The Balaban J connectivity index is 0.000001000. The summed E-state index contributed by atoms with van der Waals surface area (Å²) in [7, 11) is 0. The number of aromatic nitrogens is 1. The molecule has 0 atom stereocenters. The van der Waals surface area contributed by atoms with Gasteiger partial charge in [0.15, 0.2) is 0 Å². The maximum absolute atomic E-state index is 5.29. The van der Waals surface area contributed by atoms with Crippen LogP contribution < -0.4 is 0 Å². The van der Waals surface area contributed by atoms with Crippen LogP contribution in [-0.2, 0) is 20.4 Å². The molecule has 0 aliphatic rings. The molecule has 1 radical (unpaired) electrons. The molecule has 0 aromatic carbocycles. The number of hydrogen-bond donors (Lipinski definition) is 0. The van der Waals surface area contributed by atoms with Gasteiger partial charge in [0.2, 0.25) is 0 Å². The van der Waals surface area contributed by atoms with Crippen molar-refractivity contribution in [3.63, 3.8) is 0 Å². The van der Waals surface area contributed by atoms with Gasteiger partial charge >= 0.3 is 0 Å². The largest absolute Gasteiger partial charge is 0.540 e. The van der Waals surface area contributed by atoms with Gasteiger partial charge in [-0.15, -0.1) is 11.8 Å². The summed E-state index contributed by atoms with van der Waals surface area (Å²) in [4.78, 5) is 3.97. The molecule has 63 valence electrons. The second-order valence-corrected chi connectivity index (χ2v) is 3.09. The Morgan fingerprint density at radius 1 is 1.55 bits per heavy atom. The minimum absolute atomic E-state index is 0. The van der Waals surface area contributed by atoms with Gasteiger partial charge in [0, 0.05) is 26.3 Å². The molecule has 4 heteroatoms. The Morgan fingerprint density at radius 3 is 2.45 bits per heavy atom.